The quantitative estimate of drug-likeness (QED) is 0.382. The second-order valence-electron chi connectivity index (χ2n) is 9.06. The van der Waals surface area contributed by atoms with Crippen molar-refractivity contribution in [2.45, 2.75) is 13.5 Å². The molecule has 0 spiro atoms. The number of para-hydroxylation sites is 1. The van der Waals surface area contributed by atoms with Crippen LogP contribution in [0.15, 0.2) is 65.5 Å². The first kappa shape index (κ1) is 23.9. The summed E-state index contributed by atoms with van der Waals surface area (Å²) in [6, 6.07) is 20.2. The molecule has 36 heavy (non-hydrogen) atoms. The third kappa shape index (κ3) is 4.20. The van der Waals surface area contributed by atoms with Crippen LogP contribution in [-0.2, 0) is 18.3 Å². The van der Waals surface area contributed by atoms with Gasteiger partial charge in [-0.25, -0.2) is 4.79 Å². The zero-order valence-electron chi connectivity index (χ0n) is 21.0. The molecule has 1 aliphatic heterocycles. The molecule has 1 saturated heterocycles. The molecule has 1 aromatic heterocycles. The van der Waals surface area contributed by atoms with E-state index in [0.29, 0.717) is 18.8 Å². The highest BCUT2D eigenvalue weighted by molar-refractivity contribution is 6.05. The minimum Gasteiger partial charge on any atom is -0.496 e. The number of rotatable bonds is 6. The number of benzene rings is 3. The van der Waals surface area contributed by atoms with E-state index in [9.17, 15) is 9.59 Å². The van der Waals surface area contributed by atoms with Gasteiger partial charge in [0.2, 0.25) is 0 Å². The predicted molar refractivity (Wildman–Crippen MR) is 143 cm³/mol. The van der Waals surface area contributed by atoms with Crippen LogP contribution in [0.5, 0.6) is 5.75 Å². The Hall–Kier alpha value is -3.84. The van der Waals surface area contributed by atoms with Gasteiger partial charge in [-0.1, -0.05) is 48.5 Å². The maximum absolute atomic E-state index is 13.3. The zero-order valence-corrected chi connectivity index (χ0v) is 21.0. The summed E-state index contributed by atoms with van der Waals surface area (Å²) in [6.45, 7) is 5.70. The number of esters is 1. The van der Waals surface area contributed by atoms with Crippen molar-refractivity contribution in [3.05, 3.63) is 82.1 Å². The molecule has 0 unspecified atom stereocenters. The van der Waals surface area contributed by atoms with Gasteiger partial charge in [-0.15, -0.1) is 0 Å². The summed E-state index contributed by atoms with van der Waals surface area (Å²) in [7, 11) is 3.41. The molecule has 3 aromatic carbocycles. The SMILES string of the molecule is CCOC(=O)c1c(N2CCN(Cc3c(OC)ccc4ccccc34)CC2)c2ccccc2n(C)c1=O. The Morgan fingerprint density at radius 3 is 2.33 bits per heavy atom. The van der Waals surface area contributed by atoms with Gasteiger partial charge in [0, 0.05) is 50.7 Å². The van der Waals surface area contributed by atoms with Gasteiger partial charge >= 0.3 is 5.97 Å². The highest BCUT2D eigenvalue weighted by Gasteiger charge is 2.28. The normalized spacial score (nSPS) is 14.4. The highest BCUT2D eigenvalue weighted by Crippen LogP contribution is 2.32. The molecule has 0 amide bonds. The lowest BCUT2D eigenvalue weighted by molar-refractivity contribution is 0.0524. The molecule has 7 nitrogen and oxygen atoms in total. The van der Waals surface area contributed by atoms with Crippen LogP contribution in [0.25, 0.3) is 21.7 Å². The van der Waals surface area contributed by atoms with E-state index in [1.807, 2.05) is 36.4 Å². The Morgan fingerprint density at radius 2 is 1.61 bits per heavy atom. The van der Waals surface area contributed by atoms with Crippen molar-refractivity contribution in [2.75, 3.05) is 44.8 Å². The average molecular weight is 486 g/mol. The van der Waals surface area contributed by atoms with Crippen LogP contribution in [0.4, 0.5) is 5.69 Å². The Labute approximate surface area is 210 Å². The molecule has 7 heteroatoms. The summed E-state index contributed by atoms with van der Waals surface area (Å²) in [5.74, 6) is 0.319. The summed E-state index contributed by atoms with van der Waals surface area (Å²) in [4.78, 5) is 30.8. The van der Waals surface area contributed by atoms with Gasteiger partial charge in [0.25, 0.3) is 5.56 Å². The lowest BCUT2D eigenvalue weighted by Crippen LogP contribution is -2.47. The summed E-state index contributed by atoms with van der Waals surface area (Å²) < 4.78 is 12.5. The maximum atomic E-state index is 13.3. The molecule has 0 saturated carbocycles. The number of aromatic nitrogens is 1. The van der Waals surface area contributed by atoms with Gasteiger partial charge in [0.05, 0.1) is 24.9 Å². The van der Waals surface area contributed by atoms with Crippen LogP contribution in [0.1, 0.15) is 22.8 Å². The molecular weight excluding hydrogens is 454 g/mol. The average Bonchev–Trinajstić information content (AvgIpc) is 2.91. The van der Waals surface area contributed by atoms with Crippen LogP contribution in [0.3, 0.4) is 0 Å². The zero-order chi connectivity index (χ0) is 25.2. The Bertz CT molecular complexity index is 1490. The first-order valence-electron chi connectivity index (χ1n) is 12.3. The Kier molecular flexibility index (Phi) is 6.65. The molecule has 5 rings (SSSR count). The first-order chi connectivity index (χ1) is 17.5. The molecule has 2 heterocycles. The smallest absolute Gasteiger partial charge is 0.345 e. The monoisotopic (exact) mass is 485 g/mol. The van der Waals surface area contributed by atoms with Crippen LogP contribution in [0.2, 0.25) is 0 Å². The van der Waals surface area contributed by atoms with Crippen molar-refractivity contribution in [1.82, 2.24) is 9.47 Å². The molecule has 4 aromatic rings. The van der Waals surface area contributed by atoms with E-state index < -0.39 is 5.97 Å². The molecule has 1 aliphatic rings. The van der Waals surface area contributed by atoms with E-state index in [1.165, 1.54) is 20.9 Å². The van der Waals surface area contributed by atoms with Crippen molar-refractivity contribution in [2.24, 2.45) is 7.05 Å². The van der Waals surface area contributed by atoms with E-state index >= 15 is 0 Å². The van der Waals surface area contributed by atoms with Crippen LogP contribution < -0.4 is 15.2 Å². The Balaban J connectivity index is 1.47. The molecule has 0 bridgehead atoms. The van der Waals surface area contributed by atoms with Crippen LogP contribution in [-0.4, -0.2) is 55.3 Å². The fourth-order valence-corrected chi connectivity index (χ4v) is 5.22. The van der Waals surface area contributed by atoms with Gasteiger partial charge in [-0.3, -0.25) is 9.69 Å². The van der Waals surface area contributed by atoms with Gasteiger partial charge in [0.15, 0.2) is 0 Å². The summed E-state index contributed by atoms with van der Waals surface area (Å²) in [5, 5.41) is 3.27. The minimum atomic E-state index is -0.568. The second-order valence-corrected chi connectivity index (χ2v) is 9.06. The molecule has 0 atom stereocenters. The fraction of sp³-hybridized carbons (Fsp3) is 0.310. The van der Waals surface area contributed by atoms with Gasteiger partial charge in [-0.2, -0.15) is 0 Å². The minimum absolute atomic E-state index is 0.113. The number of hydrogen-bond donors (Lipinski definition) is 0. The van der Waals surface area contributed by atoms with Crippen LogP contribution >= 0.6 is 0 Å². The number of piperazine rings is 1. The van der Waals surface area contributed by atoms with E-state index in [2.05, 4.69) is 34.1 Å². The van der Waals surface area contributed by atoms with Crippen LogP contribution in [0, 0.1) is 0 Å². The number of ether oxygens (including phenoxy) is 2. The Morgan fingerprint density at radius 1 is 0.917 bits per heavy atom. The largest absolute Gasteiger partial charge is 0.496 e. The third-order valence-electron chi connectivity index (χ3n) is 7.04. The number of fused-ring (bicyclic) bond motifs is 2. The summed E-state index contributed by atoms with van der Waals surface area (Å²) in [6.07, 6.45) is 0. The lowest BCUT2D eigenvalue weighted by atomic mass is 10.0. The van der Waals surface area contributed by atoms with Crippen molar-refractivity contribution in [3.8, 4) is 5.75 Å². The second kappa shape index (κ2) is 10.0. The molecule has 0 N–H and O–H groups in total. The topological polar surface area (TPSA) is 64.0 Å². The van der Waals surface area contributed by atoms with E-state index in [4.69, 9.17) is 9.47 Å². The summed E-state index contributed by atoms with van der Waals surface area (Å²) in [5.41, 5.74) is 2.44. The number of hydrogen-bond acceptors (Lipinski definition) is 6. The number of pyridine rings is 1. The number of carbonyl (C=O) groups is 1. The first-order valence-corrected chi connectivity index (χ1v) is 12.3. The molecule has 1 fully saturated rings. The lowest BCUT2D eigenvalue weighted by Gasteiger charge is -2.37. The van der Waals surface area contributed by atoms with Crippen molar-refractivity contribution in [3.63, 3.8) is 0 Å². The van der Waals surface area contributed by atoms with Gasteiger partial charge in [-0.05, 0) is 29.8 Å². The number of aryl methyl sites for hydroxylation is 1. The fourth-order valence-electron chi connectivity index (χ4n) is 5.22. The summed E-state index contributed by atoms with van der Waals surface area (Å²) >= 11 is 0. The van der Waals surface area contributed by atoms with Gasteiger partial charge in [0.1, 0.15) is 11.3 Å². The molecule has 0 radical (unpaired) electrons. The van der Waals surface area contributed by atoms with E-state index in [-0.39, 0.29) is 17.7 Å². The highest BCUT2D eigenvalue weighted by atomic mass is 16.5. The maximum Gasteiger partial charge on any atom is 0.345 e. The third-order valence-corrected chi connectivity index (χ3v) is 7.04. The van der Waals surface area contributed by atoms with E-state index in [1.54, 1.807) is 21.1 Å². The number of carbonyl (C=O) groups excluding carboxylic acids is 1. The molecule has 0 aliphatic carbocycles. The van der Waals surface area contributed by atoms with E-state index in [0.717, 1.165) is 36.3 Å². The van der Waals surface area contributed by atoms with Crippen molar-refractivity contribution >= 4 is 33.3 Å². The number of anilines is 1. The number of nitrogens with zero attached hydrogens (tertiary/aromatic N) is 3. The number of methoxy groups -OCH3 is 1. The van der Waals surface area contributed by atoms with Crippen molar-refractivity contribution in [1.29, 1.82) is 0 Å². The molecule has 186 valence electrons. The standard InChI is InChI=1S/C29H31N3O4/c1-4-36-29(34)26-27(22-11-7-8-12-24(22)30(2)28(26)33)32-17-15-31(16-18-32)19-23-21-10-6-5-9-20(21)13-14-25(23)35-3/h5-14H,4,15-19H2,1-3H3. The predicted octanol–water partition coefficient (Wildman–Crippen LogP) is 4.20. The van der Waals surface area contributed by atoms with Gasteiger partial charge < -0.3 is 18.9 Å². The van der Waals surface area contributed by atoms with Crippen molar-refractivity contribution < 1.29 is 14.3 Å². The molecular formula is C29H31N3O4.